The maximum Gasteiger partial charge on any atom is 0.101 e. The summed E-state index contributed by atoms with van der Waals surface area (Å²) >= 11 is 0. The Hall–Kier alpha value is -2.87. The van der Waals surface area contributed by atoms with Crippen LogP contribution in [0.5, 0.6) is 0 Å². The molecule has 3 aromatic rings. The molecule has 0 aliphatic heterocycles. The monoisotopic (exact) mass is 303 g/mol. The van der Waals surface area contributed by atoms with E-state index in [0.29, 0.717) is 5.56 Å². The number of anilines is 1. The number of nitrogens with one attached hydrogen (secondary N) is 2. The molecule has 5 nitrogen and oxygen atoms in total. The number of aryl methyl sites for hydroxylation is 2. The fourth-order valence-electron chi connectivity index (χ4n) is 3.30. The van der Waals surface area contributed by atoms with Crippen LogP contribution in [-0.4, -0.2) is 15.2 Å². The summed E-state index contributed by atoms with van der Waals surface area (Å²) in [5.41, 5.74) is 6.02. The topological polar surface area (TPSA) is 77.4 Å². The van der Waals surface area contributed by atoms with Crippen LogP contribution in [0.4, 0.5) is 5.69 Å². The number of aromatic nitrogens is 3. The SMILES string of the molecule is Cc1[nH]nc2ccc(NC3CCCc4cc(C#N)cnc43)cc12. The first-order valence-electron chi connectivity index (χ1n) is 7.85. The van der Waals surface area contributed by atoms with Crippen molar-refractivity contribution in [3.63, 3.8) is 0 Å². The molecule has 0 fully saturated rings. The maximum absolute atomic E-state index is 9.03. The predicted molar refractivity (Wildman–Crippen MR) is 89.1 cm³/mol. The van der Waals surface area contributed by atoms with Crippen molar-refractivity contribution >= 4 is 16.6 Å². The number of hydrogen-bond donors (Lipinski definition) is 2. The molecule has 2 N–H and O–H groups in total. The van der Waals surface area contributed by atoms with Gasteiger partial charge in [-0.25, -0.2) is 0 Å². The molecule has 0 amide bonds. The van der Waals surface area contributed by atoms with Crippen molar-refractivity contribution in [3.05, 3.63) is 53.0 Å². The van der Waals surface area contributed by atoms with Gasteiger partial charge in [-0.3, -0.25) is 10.1 Å². The van der Waals surface area contributed by atoms with Crippen LogP contribution in [0.3, 0.4) is 0 Å². The fourth-order valence-corrected chi connectivity index (χ4v) is 3.30. The summed E-state index contributed by atoms with van der Waals surface area (Å²) in [4.78, 5) is 4.53. The lowest BCUT2D eigenvalue weighted by molar-refractivity contribution is 0.583. The maximum atomic E-state index is 9.03. The van der Waals surface area contributed by atoms with Gasteiger partial charge in [-0.1, -0.05) is 0 Å². The van der Waals surface area contributed by atoms with Gasteiger partial charge in [0.25, 0.3) is 0 Å². The minimum Gasteiger partial charge on any atom is -0.377 e. The van der Waals surface area contributed by atoms with Crippen LogP contribution in [0.1, 0.15) is 41.4 Å². The molecule has 5 heteroatoms. The van der Waals surface area contributed by atoms with Gasteiger partial charge in [-0.2, -0.15) is 10.4 Å². The molecule has 0 saturated carbocycles. The molecule has 1 unspecified atom stereocenters. The van der Waals surface area contributed by atoms with Crippen molar-refractivity contribution in [2.45, 2.75) is 32.2 Å². The van der Waals surface area contributed by atoms with E-state index >= 15 is 0 Å². The largest absolute Gasteiger partial charge is 0.377 e. The molecule has 1 atom stereocenters. The molecule has 4 rings (SSSR count). The molecule has 2 heterocycles. The smallest absolute Gasteiger partial charge is 0.101 e. The van der Waals surface area contributed by atoms with Gasteiger partial charge < -0.3 is 5.32 Å². The summed E-state index contributed by atoms with van der Waals surface area (Å²) in [6.45, 7) is 2.03. The number of rotatable bonds is 2. The van der Waals surface area contributed by atoms with Gasteiger partial charge in [0, 0.05) is 23.0 Å². The summed E-state index contributed by atoms with van der Waals surface area (Å²) in [6.07, 6.45) is 4.82. The van der Waals surface area contributed by atoms with Crippen LogP contribution in [0.2, 0.25) is 0 Å². The number of nitrogens with zero attached hydrogens (tertiary/aromatic N) is 3. The van der Waals surface area contributed by atoms with Gasteiger partial charge in [0.2, 0.25) is 0 Å². The second-order valence-electron chi connectivity index (χ2n) is 6.05. The lowest BCUT2D eigenvalue weighted by Crippen LogP contribution is -2.19. The van der Waals surface area contributed by atoms with E-state index in [-0.39, 0.29) is 6.04 Å². The minimum atomic E-state index is 0.191. The molecule has 1 aromatic carbocycles. The second-order valence-corrected chi connectivity index (χ2v) is 6.05. The van der Waals surface area contributed by atoms with E-state index in [2.05, 4.69) is 38.7 Å². The quantitative estimate of drug-likeness (QED) is 0.758. The van der Waals surface area contributed by atoms with Crippen LogP contribution in [0.15, 0.2) is 30.5 Å². The van der Waals surface area contributed by atoms with Gasteiger partial charge in [-0.15, -0.1) is 0 Å². The van der Waals surface area contributed by atoms with Gasteiger partial charge in [0.15, 0.2) is 0 Å². The molecule has 1 aliphatic carbocycles. The van der Waals surface area contributed by atoms with E-state index in [1.807, 2.05) is 19.1 Å². The number of aromatic amines is 1. The summed E-state index contributed by atoms with van der Waals surface area (Å²) in [6, 6.07) is 10.5. The third-order valence-corrected chi connectivity index (χ3v) is 4.49. The number of nitriles is 1. The van der Waals surface area contributed by atoms with E-state index < -0.39 is 0 Å². The standard InChI is InChI=1S/C18H17N5/c1-11-15-8-14(5-6-16(15)23-22-11)21-17-4-2-3-13-7-12(9-19)10-20-18(13)17/h5-8,10,17,21H,2-4H2,1H3,(H,22,23). The number of hydrogen-bond acceptors (Lipinski definition) is 4. The average molecular weight is 303 g/mol. The second kappa shape index (κ2) is 5.40. The molecule has 0 bridgehead atoms. The van der Waals surface area contributed by atoms with E-state index in [9.17, 15) is 0 Å². The normalized spacial score (nSPS) is 16.8. The molecule has 23 heavy (non-hydrogen) atoms. The van der Waals surface area contributed by atoms with Crippen molar-refractivity contribution in [1.82, 2.24) is 15.2 Å². The summed E-state index contributed by atoms with van der Waals surface area (Å²) in [7, 11) is 0. The molecular formula is C18H17N5. The van der Waals surface area contributed by atoms with Crippen LogP contribution in [0, 0.1) is 18.3 Å². The third-order valence-electron chi connectivity index (χ3n) is 4.49. The molecule has 0 spiro atoms. The zero-order valence-electron chi connectivity index (χ0n) is 12.9. The highest BCUT2D eigenvalue weighted by molar-refractivity contribution is 5.84. The Labute approximate surface area is 134 Å². The lowest BCUT2D eigenvalue weighted by Gasteiger charge is -2.26. The number of fused-ring (bicyclic) bond motifs is 2. The molecule has 2 aromatic heterocycles. The van der Waals surface area contributed by atoms with Gasteiger partial charge in [0.05, 0.1) is 22.8 Å². The Balaban J connectivity index is 1.66. The fraction of sp³-hybridized carbons (Fsp3) is 0.278. The zero-order valence-corrected chi connectivity index (χ0v) is 12.9. The highest BCUT2D eigenvalue weighted by atomic mass is 15.1. The van der Waals surface area contributed by atoms with E-state index in [1.165, 1.54) is 5.56 Å². The first-order chi connectivity index (χ1) is 11.2. The molecular weight excluding hydrogens is 286 g/mol. The van der Waals surface area contributed by atoms with Gasteiger partial charge >= 0.3 is 0 Å². The number of pyridine rings is 1. The van der Waals surface area contributed by atoms with Crippen molar-refractivity contribution in [2.24, 2.45) is 0 Å². The first kappa shape index (κ1) is 13.8. The highest BCUT2D eigenvalue weighted by Gasteiger charge is 2.22. The summed E-state index contributed by atoms with van der Waals surface area (Å²) in [5.74, 6) is 0. The van der Waals surface area contributed by atoms with Gasteiger partial charge in [-0.05, 0) is 56.0 Å². The number of H-pyrrole nitrogens is 1. The van der Waals surface area contributed by atoms with Crippen LogP contribution in [0.25, 0.3) is 10.9 Å². The Bertz CT molecular complexity index is 919. The lowest BCUT2D eigenvalue weighted by atomic mass is 9.91. The molecule has 1 aliphatic rings. The Morgan fingerprint density at radius 2 is 2.26 bits per heavy atom. The first-order valence-corrected chi connectivity index (χ1v) is 7.85. The summed E-state index contributed by atoms with van der Waals surface area (Å²) < 4.78 is 0. The van der Waals surface area contributed by atoms with E-state index in [1.54, 1.807) is 6.20 Å². The Morgan fingerprint density at radius 3 is 3.13 bits per heavy atom. The molecule has 114 valence electrons. The average Bonchev–Trinajstić information content (AvgIpc) is 2.95. The molecule has 0 saturated heterocycles. The zero-order chi connectivity index (χ0) is 15.8. The Kier molecular flexibility index (Phi) is 3.23. The van der Waals surface area contributed by atoms with Crippen molar-refractivity contribution in [1.29, 1.82) is 5.26 Å². The highest BCUT2D eigenvalue weighted by Crippen LogP contribution is 2.32. The van der Waals surface area contributed by atoms with Crippen LogP contribution < -0.4 is 5.32 Å². The minimum absolute atomic E-state index is 0.191. The van der Waals surface area contributed by atoms with Crippen molar-refractivity contribution in [2.75, 3.05) is 5.32 Å². The van der Waals surface area contributed by atoms with Gasteiger partial charge in [0.1, 0.15) is 6.07 Å². The predicted octanol–water partition coefficient (Wildman–Crippen LogP) is 3.63. The van der Waals surface area contributed by atoms with E-state index in [4.69, 9.17) is 5.26 Å². The van der Waals surface area contributed by atoms with Crippen molar-refractivity contribution in [3.8, 4) is 6.07 Å². The van der Waals surface area contributed by atoms with E-state index in [0.717, 1.165) is 47.2 Å². The Morgan fingerprint density at radius 1 is 1.35 bits per heavy atom. The van der Waals surface area contributed by atoms with Crippen molar-refractivity contribution < 1.29 is 0 Å². The van der Waals surface area contributed by atoms with Crippen LogP contribution in [-0.2, 0) is 6.42 Å². The molecule has 0 radical (unpaired) electrons. The third kappa shape index (κ3) is 2.42. The number of benzene rings is 1. The summed E-state index contributed by atoms with van der Waals surface area (Å²) in [5, 5.41) is 21.0. The van der Waals surface area contributed by atoms with Crippen LogP contribution >= 0.6 is 0 Å².